The summed E-state index contributed by atoms with van der Waals surface area (Å²) >= 11 is 3.94. The van der Waals surface area contributed by atoms with Gasteiger partial charge in [0, 0.05) is 18.5 Å². The molecule has 1 N–H and O–H groups in total. The molecule has 0 fully saturated rings. The van der Waals surface area contributed by atoms with E-state index in [1.807, 2.05) is 20.8 Å². The van der Waals surface area contributed by atoms with Crippen LogP contribution in [-0.4, -0.2) is 29.0 Å². The molecule has 0 saturated carbocycles. The van der Waals surface area contributed by atoms with Gasteiger partial charge in [0.25, 0.3) is 0 Å². The molecule has 0 unspecified atom stereocenters. The molecule has 0 saturated heterocycles. The summed E-state index contributed by atoms with van der Waals surface area (Å²) in [5.41, 5.74) is -0.689. The molecule has 1 aromatic heterocycles. The predicted octanol–water partition coefficient (Wildman–Crippen LogP) is 3.85. The normalized spacial score (nSPS) is 11.3. The lowest BCUT2D eigenvalue weighted by molar-refractivity contribution is -0.141. The van der Waals surface area contributed by atoms with Gasteiger partial charge in [-0.2, -0.15) is 25.8 Å². The highest BCUT2D eigenvalue weighted by molar-refractivity contribution is 7.80. The number of hydrogen-bond acceptors (Lipinski definition) is 4. The SMILES string of the molecule is CC(C)(C)OC(=O)NCCS.Cc1ccnc(C(F)(F)F)c1. The van der Waals surface area contributed by atoms with Gasteiger partial charge in [-0.05, 0) is 45.4 Å². The number of nitrogens with zero attached hydrogens (tertiary/aromatic N) is 1. The molecule has 4 nitrogen and oxygen atoms in total. The molecule has 0 aliphatic carbocycles. The van der Waals surface area contributed by atoms with Crippen LogP contribution >= 0.6 is 12.6 Å². The summed E-state index contributed by atoms with van der Waals surface area (Å²) in [5.74, 6) is 0.624. The number of amides is 1. The first-order valence-corrected chi connectivity index (χ1v) is 7.16. The fourth-order valence-electron chi connectivity index (χ4n) is 1.16. The standard InChI is InChI=1S/C7H6F3N.C7H15NO2S/c1-5-2-3-11-6(4-5)7(8,9)10;1-7(2,3)10-6(9)8-4-5-11/h2-4H,1H3;11H,4-5H2,1-3H3,(H,8,9). The van der Waals surface area contributed by atoms with Crippen LogP contribution in [0.15, 0.2) is 18.3 Å². The van der Waals surface area contributed by atoms with E-state index in [0.29, 0.717) is 17.9 Å². The zero-order chi connectivity index (χ0) is 17.4. The molecule has 126 valence electrons. The second-order valence-electron chi connectivity index (χ2n) is 5.37. The van der Waals surface area contributed by atoms with Crippen LogP contribution in [0.3, 0.4) is 0 Å². The zero-order valence-corrected chi connectivity index (χ0v) is 13.9. The third-order valence-electron chi connectivity index (χ3n) is 1.99. The number of carbonyl (C=O) groups is 1. The molecule has 1 heterocycles. The molecule has 8 heteroatoms. The molecule has 0 aliphatic heterocycles. The summed E-state index contributed by atoms with van der Waals surface area (Å²) in [6, 6.07) is 2.54. The van der Waals surface area contributed by atoms with Gasteiger partial charge in [-0.15, -0.1) is 0 Å². The molecule has 1 amide bonds. The minimum atomic E-state index is -4.33. The van der Waals surface area contributed by atoms with Gasteiger partial charge in [0.05, 0.1) is 0 Å². The number of rotatable bonds is 2. The number of aromatic nitrogens is 1. The van der Waals surface area contributed by atoms with E-state index in [-0.39, 0.29) is 6.09 Å². The van der Waals surface area contributed by atoms with Crippen LogP contribution in [0.4, 0.5) is 18.0 Å². The van der Waals surface area contributed by atoms with Crippen LogP contribution in [-0.2, 0) is 10.9 Å². The van der Waals surface area contributed by atoms with E-state index in [9.17, 15) is 18.0 Å². The van der Waals surface area contributed by atoms with Crippen molar-refractivity contribution in [2.45, 2.75) is 39.5 Å². The Morgan fingerprint density at radius 3 is 2.32 bits per heavy atom. The van der Waals surface area contributed by atoms with Crippen molar-refractivity contribution in [3.05, 3.63) is 29.6 Å². The first kappa shape index (κ1) is 20.6. The minimum Gasteiger partial charge on any atom is -0.444 e. The van der Waals surface area contributed by atoms with E-state index in [1.165, 1.54) is 6.07 Å². The van der Waals surface area contributed by atoms with Gasteiger partial charge in [-0.3, -0.25) is 4.98 Å². The van der Waals surface area contributed by atoms with Crippen molar-refractivity contribution in [3.8, 4) is 0 Å². The molecule has 0 radical (unpaired) electrons. The zero-order valence-electron chi connectivity index (χ0n) is 13.0. The van der Waals surface area contributed by atoms with Gasteiger partial charge in [-0.1, -0.05) is 0 Å². The van der Waals surface area contributed by atoms with Crippen LogP contribution in [0.5, 0.6) is 0 Å². The molecule has 0 spiro atoms. The summed E-state index contributed by atoms with van der Waals surface area (Å²) in [6.07, 6.45) is -3.56. The number of aryl methyl sites for hydroxylation is 1. The summed E-state index contributed by atoms with van der Waals surface area (Å²) in [5, 5.41) is 2.55. The van der Waals surface area contributed by atoms with Crippen LogP contribution in [0.2, 0.25) is 0 Å². The fourth-order valence-corrected chi connectivity index (χ4v) is 1.28. The van der Waals surface area contributed by atoms with Crippen LogP contribution in [0.1, 0.15) is 32.0 Å². The number of hydrogen-bond donors (Lipinski definition) is 2. The maximum absolute atomic E-state index is 11.9. The monoisotopic (exact) mass is 338 g/mol. The molecule has 22 heavy (non-hydrogen) atoms. The van der Waals surface area contributed by atoms with E-state index in [0.717, 1.165) is 12.3 Å². The van der Waals surface area contributed by atoms with Gasteiger partial charge in [0.2, 0.25) is 0 Å². The lowest BCUT2D eigenvalue weighted by atomic mass is 10.2. The number of thiol groups is 1. The van der Waals surface area contributed by atoms with Gasteiger partial charge in [0.1, 0.15) is 11.3 Å². The molecule has 1 rings (SSSR count). The van der Waals surface area contributed by atoms with E-state index in [1.54, 1.807) is 6.92 Å². The lowest BCUT2D eigenvalue weighted by Crippen LogP contribution is -2.33. The molecular formula is C14H21F3N2O2S. The summed E-state index contributed by atoms with van der Waals surface area (Å²) < 4.78 is 40.7. The quantitative estimate of drug-likeness (QED) is 0.806. The molecular weight excluding hydrogens is 317 g/mol. The number of alkyl halides is 3. The average molecular weight is 338 g/mol. The Balaban J connectivity index is 0.000000401. The second kappa shape index (κ2) is 8.87. The van der Waals surface area contributed by atoms with Gasteiger partial charge in [0.15, 0.2) is 0 Å². The van der Waals surface area contributed by atoms with E-state index in [4.69, 9.17) is 4.74 Å². The van der Waals surface area contributed by atoms with Crippen molar-refractivity contribution in [2.24, 2.45) is 0 Å². The summed E-state index contributed by atoms with van der Waals surface area (Å²) in [6.45, 7) is 7.61. The number of alkyl carbamates (subject to hydrolysis) is 1. The summed E-state index contributed by atoms with van der Waals surface area (Å²) in [7, 11) is 0. The number of carbonyl (C=O) groups excluding carboxylic acids is 1. The van der Waals surface area contributed by atoms with E-state index in [2.05, 4.69) is 22.9 Å². The molecule has 0 atom stereocenters. The van der Waals surface area contributed by atoms with Crippen molar-refractivity contribution < 1.29 is 22.7 Å². The Morgan fingerprint density at radius 2 is 1.95 bits per heavy atom. The van der Waals surface area contributed by atoms with Crippen molar-refractivity contribution in [1.82, 2.24) is 10.3 Å². The topological polar surface area (TPSA) is 51.2 Å². The Morgan fingerprint density at radius 1 is 1.36 bits per heavy atom. The second-order valence-corrected chi connectivity index (χ2v) is 5.82. The first-order chi connectivity index (χ1) is 9.95. The highest BCUT2D eigenvalue weighted by atomic mass is 32.1. The first-order valence-electron chi connectivity index (χ1n) is 6.53. The van der Waals surface area contributed by atoms with Crippen molar-refractivity contribution in [1.29, 1.82) is 0 Å². The highest BCUT2D eigenvalue weighted by Crippen LogP contribution is 2.27. The van der Waals surface area contributed by atoms with Gasteiger partial charge >= 0.3 is 12.3 Å². The van der Waals surface area contributed by atoms with Crippen LogP contribution in [0, 0.1) is 6.92 Å². The number of halogens is 3. The Labute approximate surface area is 133 Å². The Bertz CT molecular complexity index is 474. The maximum Gasteiger partial charge on any atom is 0.433 e. The molecule has 0 bridgehead atoms. The number of pyridine rings is 1. The summed E-state index contributed by atoms with van der Waals surface area (Å²) in [4.78, 5) is 14.0. The third-order valence-corrected chi connectivity index (χ3v) is 2.21. The number of nitrogens with one attached hydrogen (secondary N) is 1. The van der Waals surface area contributed by atoms with Gasteiger partial charge < -0.3 is 10.1 Å². The minimum absolute atomic E-state index is 0.383. The van der Waals surface area contributed by atoms with Gasteiger partial charge in [-0.25, -0.2) is 4.79 Å². The van der Waals surface area contributed by atoms with Crippen molar-refractivity contribution in [2.75, 3.05) is 12.3 Å². The fraction of sp³-hybridized carbons (Fsp3) is 0.571. The lowest BCUT2D eigenvalue weighted by Gasteiger charge is -2.19. The van der Waals surface area contributed by atoms with Crippen LogP contribution in [0.25, 0.3) is 0 Å². The molecule has 0 aromatic carbocycles. The van der Waals surface area contributed by atoms with Crippen molar-refractivity contribution in [3.63, 3.8) is 0 Å². The Hall–Kier alpha value is -1.44. The molecule has 0 aliphatic rings. The van der Waals surface area contributed by atoms with Crippen molar-refractivity contribution >= 4 is 18.7 Å². The predicted molar refractivity (Wildman–Crippen MR) is 82.1 cm³/mol. The third kappa shape index (κ3) is 10.3. The highest BCUT2D eigenvalue weighted by Gasteiger charge is 2.32. The average Bonchev–Trinajstić information content (AvgIpc) is 2.34. The maximum atomic E-state index is 11.9. The van der Waals surface area contributed by atoms with E-state index >= 15 is 0 Å². The largest absolute Gasteiger partial charge is 0.444 e. The van der Waals surface area contributed by atoms with Crippen LogP contribution < -0.4 is 5.32 Å². The van der Waals surface area contributed by atoms with E-state index < -0.39 is 17.5 Å². The molecule has 1 aromatic rings. The smallest absolute Gasteiger partial charge is 0.433 e. The number of ether oxygens (including phenoxy) is 1. The Kier molecular flexibility index (Phi) is 8.29.